The molecule has 3 radical (unpaired) electrons. The van der Waals surface area contributed by atoms with E-state index in [9.17, 15) is 0 Å². The molecule has 0 unspecified atom stereocenters. The molecule has 0 heterocycles. The fraction of sp³-hybridized carbons (Fsp3) is 0. The largest absolute Gasteiger partial charge is 0 e. The fourth-order valence-electron chi connectivity index (χ4n) is 0. The molecule has 4 heteroatoms. The Hall–Kier alpha value is 2.88. The summed E-state index contributed by atoms with van der Waals surface area (Å²) in [5.41, 5.74) is 0. The normalized spacial score (nSPS) is 0. The maximum Gasteiger partial charge on any atom is 0 e. The van der Waals surface area contributed by atoms with E-state index < -0.39 is 0 Å². The van der Waals surface area contributed by atoms with E-state index in [-0.39, 0.29) is 87.6 Å². The summed E-state index contributed by atoms with van der Waals surface area (Å²) in [6, 6.07) is 0. The molecular weight excluding hydrogens is 430 g/mol. The van der Waals surface area contributed by atoms with Gasteiger partial charge in [0.25, 0.3) is 0 Å². The molecule has 0 aromatic heterocycles. The third-order valence-electron chi connectivity index (χ3n) is 0. The molecule has 0 saturated heterocycles. The molecule has 43 valence electrons. The smallest absolute Gasteiger partial charge is 0 e. The van der Waals surface area contributed by atoms with Gasteiger partial charge < -0.3 is 0 Å². The summed E-state index contributed by atoms with van der Waals surface area (Å²) in [4.78, 5) is 0. The second-order valence-corrected chi connectivity index (χ2v) is 0. The molecule has 0 aliphatic carbocycles. The zero-order valence-electron chi connectivity index (χ0n) is 1.22. The number of hydrogen-bond donors (Lipinski definition) is 0. The summed E-state index contributed by atoms with van der Waals surface area (Å²) in [5, 5.41) is 0. The Morgan fingerprint density at radius 2 is 0.500 bits per heavy atom. The molecule has 0 aromatic carbocycles. The molecule has 0 nitrogen and oxygen atoms in total. The Morgan fingerprint density at radius 1 is 0.500 bits per heavy atom. The van der Waals surface area contributed by atoms with Crippen LogP contribution in [0.15, 0.2) is 0 Å². The first-order valence-electron chi connectivity index (χ1n) is 0. The van der Waals surface area contributed by atoms with Crippen molar-refractivity contribution in [3.8, 4) is 0 Å². The standard InChI is InChI=1S/3Ag.Pd. The molecule has 0 bridgehead atoms. The second kappa shape index (κ2) is 16.9. The van der Waals surface area contributed by atoms with Crippen LogP contribution in [-0.4, -0.2) is 0 Å². The summed E-state index contributed by atoms with van der Waals surface area (Å²) in [7, 11) is 0. The van der Waals surface area contributed by atoms with Crippen LogP contribution in [0.3, 0.4) is 0 Å². The Morgan fingerprint density at radius 3 is 0.500 bits per heavy atom. The molecular formula is Ag3Pd. The molecule has 0 spiro atoms. The van der Waals surface area contributed by atoms with Crippen molar-refractivity contribution in [2.75, 3.05) is 0 Å². The Kier molecular flexibility index (Phi) is 121. The van der Waals surface area contributed by atoms with Crippen LogP contribution in [0.25, 0.3) is 0 Å². The van der Waals surface area contributed by atoms with Crippen molar-refractivity contribution in [2.45, 2.75) is 0 Å². The van der Waals surface area contributed by atoms with Gasteiger partial charge >= 0.3 is 0 Å². The molecule has 0 aliphatic rings. The minimum absolute atomic E-state index is 0. The summed E-state index contributed by atoms with van der Waals surface area (Å²) in [6.45, 7) is 0. The average molecular weight is 430 g/mol. The van der Waals surface area contributed by atoms with Crippen molar-refractivity contribution >= 4 is 0 Å². The van der Waals surface area contributed by atoms with Gasteiger partial charge in [-0.25, -0.2) is 0 Å². The van der Waals surface area contributed by atoms with Crippen LogP contribution >= 0.6 is 0 Å². The van der Waals surface area contributed by atoms with Crippen LogP contribution in [0.4, 0.5) is 0 Å². The van der Waals surface area contributed by atoms with Crippen molar-refractivity contribution in [1.29, 1.82) is 0 Å². The van der Waals surface area contributed by atoms with Crippen molar-refractivity contribution in [2.24, 2.45) is 0 Å². The van der Waals surface area contributed by atoms with Crippen LogP contribution in [0, 0.1) is 0 Å². The van der Waals surface area contributed by atoms with Crippen molar-refractivity contribution in [3.63, 3.8) is 0 Å². The molecule has 0 atom stereocenters. The van der Waals surface area contributed by atoms with Crippen LogP contribution < -0.4 is 0 Å². The van der Waals surface area contributed by atoms with E-state index >= 15 is 0 Å². The van der Waals surface area contributed by atoms with E-state index in [2.05, 4.69) is 0 Å². The third-order valence-corrected chi connectivity index (χ3v) is 0. The van der Waals surface area contributed by atoms with Gasteiger partial charge in [-0.05, 0) is 0 Å². The van der Waals surface area contributed by atoms with E-state index in [0.717, 1.165) is 0 Å². The van der Waals surface area contributed by atoms with E-state index in [0.29, 0.717) is 0 Å². The minimum atomic E-state index is 0. The maximum absolute atomic E-state index is 0. The molecule has 0 aromatic rings. The van der Waals surface area contributed by atoms with Gasteiger partial charge in [-0.2, -0.15) is 0 Å². The number of hydrogen-bond acceptors (Lipinski definition) is 0. The van der Waals surface area contributed by atoms with Crippen LogP contribution in [0.1, 0.15) is 0 Å². The van der Waals surface area contributed by atoms with Gasteiger partial charge in [-0.15, -0.1) is 0 Å². The predicted molar refractivity (Wildman–Crippen MR) is 0 cm³/mol. The second-order valence-electron chi connectivity index (χ2n) is 0. The summed E-state index contributed by atoms with van der Waals surface area (Å²) >= 11 is 0. The van der Waals surface area contributed by atoms with Crippen LogP contribution in [0.5, 0.6) is 0 Å². The van der Waals surface area contributed by atoms with Gasteiger partial charge in [0.05, 0.1) is 0 Å². The molecule has 0 N–H and O–H groups in total. The van der Waals surface area contributed by atoms with E-state index in [4.69, 9.17) is 0 Å². The van der Waals surface area contributed by atoms with Crippen molar-refractivity contribution in [3.05, 3.63) is 0 Å². The Balaban J connectivity index is 0. The molecule has 0 rings (SSSR count). The first-order valence-corrected chi connectivity index (χ1v) is 0. The molecule has 0 saturated carbocycles. The predicted octanol–water partition coefficient (Wildman–Crippen LogP) is -0.0100. The topological polar surface area (TPSA) is 0 Å². The Labute approximate surface area is 86.0 Å². The van der Waals surface area contributed by atoms with Gasteiger partial charge in [0, 0.05) is 87.6 Å². The molecule has 0 fully saturated rings. The number of rotatable bonds is 0. The van der Waals surface area contributed by atoms with Gasteiger partial charge in [0.1, 0.15) is 0 Å². The van der Waals surface area contributed by atoms with Crippen molar-refractivity contribution in [1.82, 2.24) is 0 Å². The fourth-order valence-corrected chi connectivity index (χ4v) is 0. The monoisotopic (exact) mass is 427 g/mol. The Bertz CT molecular complexity index is 3.25. The van der Waals surface area contributed by atoms with Crippen molar-refractivity contribution < 1.29 is 87.6 Å². The average Bonchev–Trinajstić information content (AvgIpc) is 0. The van der Waals surface area contributed by atoms with Gasteiger partial charge in [0.15, 0.2) is 0 Å². The summed E-state index contributed by atoms with van der Waals surface area (Å²) < 4.78 is 0. The zero-order valence-corrected chi connectivity index (χ0v) is 7.22. The molecule has 0 aliphatic heterocycles. The summed E-state index contributed by atoms with van der Waals surface area (Å²) in [6.07, 6.45) is 0. The minimum Gasteiger partial charge on any atom is 0 e. The first-order chi connectivity index (χ1) is 0. The van der Waals surface area contributed by atoms with Gasteiger partial charge in [-0.1, -0.05) is 0 Å². The zero-order chi connectivity index (χ0) is 0. The van der Waals surface area contributed by atoms with Gasteiger partial charge in [-0.3, -0.25) is 0 Å². The van der Waals surface area contributed by atoms with E-state index in [1.165, 1.54) is 0 Å². The van der Waals surface area contributed by atoms with Gasteiger partial charge in [0.2, 0.25) is 0 Å². The first kappa shape index (κ1) is 28.7. The maximum atomic E-state index is 0. The molecule has 0 amide bonds. The quantitative estimate of drug-likeness (QED) is 0.475. The molecule has 4 heavy (non-hydrogen) atoms. The van der Waals surface area contributed by atoms with E-state index in [1.807, 2.05) is 0 Å². The SMILES string of the molecule is [Ag].[Ag].[Ag].[Pd]. The van der Waals surface area contributed by atoms with Crippen LogP contribution in [-0.2, 0) is 87.6 Å². The summed E-state index contributed by atoms with van der Waals surface area (Å²) in [5.74, 6) is 0. The van der Waals surface area contributed by atoms with E-state index in [1.54, 1.807) is 0 Å². The third kappa shape index (κ3) is 8.86. The van der Waals surface area contributed by atoms with Crippen LogP contribution in [0.2, 0.25) is 0 Å².